The minimum Gasteiger partial charge on any atom is -0.460 e. The summed E-state index contributed by atoms with van der Waals surface area (Å²) in [4.78, 5) is 57.3. The van der Waals surface area contributed by atoms with E-state index >= 15 is 0 Å². The van der Waals surface area contributed by atoms with Gasteiger partial charge in [-0.05, 0) is 88.5 Å². The maximum atomic E-state index is 14.8. The third-order valence-corrected chi connectivity index (χ3v) is 12.9. The summed E-state index contributed by atoms with van der Waals surface area (Å²) in [7, 11) is 1.59. The molecule has 64 heavy (non-hydrogen) atoms. The highest BCUT2D eigenvalue weighted by molar-refractivity contribution is 5.98. The van der Waals surface area contributed by atoms with Crippen LogP contribution in [0.3, 0.4) is 0 Å². The quantitative estimate of drug-likeness (QED) is 0.0670. The molecule has 2 aromatic carbocycles. The van der Waals surface area contributed by atoms with E-state index in [4.69, 9.17) is 23.7 Å². The van der Waals surface area contributed by atoms with Gasteiger partial charge in [0.2, 0.25) is 11.8 Å². The van der Waals surface area contributed by atoms with Crippen LogP contribution in [0.4, 0.5) is 0 Å². The van der Waals surface area contributed by atoms with E-state index in [2.05, 4.69) is 25.2 Å². The number of ether oxygens (including phenoxy) is 5. The zero-order chi connectivity index (χ0) is 45.9. The summed E-state index contributed by atoms with van der Waals surface area (Å²) in [6.45, 7) is 9.25. The number of aliphatic hydroxyl groups is 1. The van der Waals surface area contributed by atoms with Gasteiger partial charge in [-0.15, -0.1) is 0 Å². The Bertz CT molecular complexity index is 1930. The van der Waals surface area contributed by atoms with E-state index in [0.717, 1.165) is 68.9 Å². The minimum absolute atomic E-state index is 0.00555. The van der Waals surface area contributed by atoms with Crippen LogP contribution in [-0.2, 0) is 44.5 Å². The topological polar surface area (TPSA) is 153 Å². The molecule has 2 amide bonds. The number of amides is 2. The van der Waals surface area contributed by atoms with Gasteiger partial charge in [0, 0.05) is 44.7 Å². The van der Waals surface area contributed by atoms with Gasteiger partial charge in [-0.25, -0.2) is 4.79 Å². The van der Waals surface area contributed by atoms with Crippen molar-refractivity contribution in [3.63, 3.8) is 0 Å². The molecular formula is C52H72N2O10. The summed E-state index contributed by atoms with van der Waals surface area (Å²) in [5.74, 6) is -2.37. The van der Waals surface area contributed by atoms with Crippen molar-refractivity contribution in [2.75, 3.05) is 13.7 Å². The van der Waals surface area contributed by atoms with Crippen LogP contribution < -0.4 is 5.32 Å². The van der Waals surface area contributed by atoms with Crippen molar-refractivity contribution < 1.29 is 48.0 Å². The molecule has 3 unspecified atom stereocenters. The van der Waals surface area contributed by atoms with Gasteiger partial charge in [-0.3, -0.25) is 14.4 Å². The van der Waals surface area contributed by atoms with Crippen molar-refractivity contribution in [3.8, 4) is 0 Å². The second-order valence-electron chi connectivity index (χ2n) is 19.2. The normalized spacial score (nSPS) is 24.5. The molecule has 2 saturated heterocycles. The van der Waals surface area contributed by atoms with Gasteiger partial charge in [0.25, 0.3) is 0 Å². The van der Waals surface area contributed by atoms with Crippen LogP contribution in [0.1, 0.15) is 146 Å². The lowest BCUT2D eigenvalue weighted by Gasteiger charge is -2.34. The summed E-state index contributed by atoms with van der Waals surface area (Å²) in [6.07, 6.45) is 15.3. The van der Waals surface area contributed by atoms with Gasteiger partial charge in [0.05, 0.1) is 30.4 Å². The molecule has 0 radical (unpaired) electrons. The fraction of sp³-hybridized carbons (Fsp3) is 0.615. The number of fused-ring (bicyclic) bond motifs is 2. The molecular weight excluding hydrogens is 813 g/mol. The zero-order valence-electron chi connectivity index (χ0n) is 38.9. The average Bonchev–Trinajstić information content (AvgIpc) is 3.96. The Hall–Kier alpha value is -4.36. The molecule has 3 fully saturated rings. The van der Waals surface area contributed by atoms with Crippen LogP contribution in [0.2, 0.25) is 0 Å². The first-order valence-electron chi connectivity index (χ1n) is 23.9. The number of benzene rings is 2. The Labute approximate surface area is 380 Å². The number of carbonyl (C=O) groups excluding carboxylic acids is 4. The number of epoxide rings is 1. The molecule has 12 nitrogen and oxygen atoms in total. The van der Waals surface area contributed by atoms with E-state index in [9.17, 15) is 24.3 Å². The van der Waals surface area contributed by atoms with Crippen molar-refractivity contribution in [1.82, 2.24) is 10.2 Å². The van der Waals surface area contributed by atoms with Crippen molar-refractivity contribution in [1.29, 1.82) is 0 Å². The van der Waals surface area contributed by atoms with Gasteiger partial charge in [0.1, 0.15) is 30.0 Å². The van der Waals surface area contributed by atoms with Crippen molar-refractivity contribution in [3.05, 3.63) is 89.0 Å². The molecule has 2 heterocycles. The number of carbonyl (C=O) groups is 4. The minimum atomic E-state index is -0.992. The average molecular weight is 885 g/mol. The first-order valence-corrected chi connectivity index (χ1v) is 23.9. The molecule has 0 spiro atoms. The summed E-state index contributed by atoms with van der Waals surface area (Å²) < 4.78 is 31.4. The number of allylic oxidation sites excluding steroid dienone is 1. The van der Waals surface area contributed by atoms with Crippen LogP contribution in [0.25, 0.3) is 6.08 Å². The van der Waals surface area contributed by atoms with Gasteiger partial charge in [-0.2, -0.15) is 0 Å². The van der Waals surface area contributed by atoms with Crippen molar-refractivity contribution >= 4 is 29.8 Å². The van der Waals surface area contributed by atoms with E-state index in [1.165, 1.54) is 4.90 Å². The lowest BCUT2D eigenvalue weighted by molar-refractivity contribution is -0.190. The van der Waals surface area contributed by atoms with Crippen LogP contribution >= 0.6 is 0 Å². The zero-order valence-corrected chi connectivity index (χ0v) is 38.9. The molecule has 6 rings (SSSR count). The smallest absolute Gasteiger partial charge is 0.339 e. The van der Waals surface area contributed by atoms with Crippen LogP contribution in [0.5, 0.6) is 0 Å². The van der Waals surface area contributed by atoms with E-state index in [1.807, 2.05) is 54.6 Å². The number of rotatable bonds is 22. The Morgan fingerprint density at radius 3 is 2.31 bits per heavy atom. The number of unbranched alkanes of at least 4 members (excludes halogenated alkanes) is 4. The van der Waals surface area contributed by atoms with Crippen molar-refractivity contribution in [2.45, 2.75) is 185 Å². The molecule has 2 aromatic rings. The first-order chi connectivity index (χ1) is 30.7. The molecule has 2 N–H and O–H groups in total. The molecule has 0 aromatic heterocycles. The lowest BCUT2D eigenvalue weighted by atomic mass is 9.88. The largest absolute Gasteiger partial charge is 0.460 e. The fourth-order valence-electron chi connectivity index (χ4n) is 9.27. The third kappa shape index (κ3) is 13.6. The van der Waals surface area contributed by atoms with Gasteiger partial charge < -0.3 is 39.0 Å². The van der Waals surface area contributed by atoms with Gasteiger partial charge in [-0.1, -0.05) is 100 Å². The van der Waals surface area contributed by atoms with E-state index in [-0.39, 0.29) is 25.7 Å². The highest BCUT2D eigenvalue weighted by Gasteiger charge is 2.53. The summed E-state index contributed by atoms with van der Waals surface area (Å²) >= 11 is 0. The summed E-state index contributed by atoms with van der Waals surface area (Å²) in [5, 5.41) is 13.2. The molecule has 8 atom stereocenters. The molecule has 4 aliphatic rings. The highest BCUT2D eigenvalue weighted by Crippen LogP contribution is 2.44. The lowest BCUT2D eigenvalue weighted by Crippen LogP contribution is -2.53. The van der Waals surface area contributed by atoms with E-state index in [1.54, 1.807) is 40.0 Å². The Kier molecular flexibility index (Phi) is 17.4. The number of likely N-dealkylation sites (N-methyl/N-ethyl adjacent to an activating group) is 1. The number of aliphatic hydroxyl groups excluding tert-OH is 1. The predicted octanol–water partition coefficient (Wildman–Crippen LogP) is 8.43. The number of esters is 2. The highest BCUT2D eigenvalue weighted by atomic mass is 16.8. The first kappa shape index (κ1) is 49.1. The molecule has 1 saturated carbocycles. The number of hydrogen-bond donors (Lipinski definition) is 2. The predicted molar refractivity (Wildman–Crippen MR) is 245 cm³/mol. The third-order valence-electron chi connectivity index (χ3n) is 12.9. The van der Waals surface area contributed by atoms with Crippen LogP contribution in [0.15, 0.2) is 72.3 Å². The summed E-state index contributed by atoms with van der Waals surface area (Å²) in [6, 6.07) is 15.1. The van der Waals surface area contributed by atoms with Crippen molar-refractivity contribution in [2.24, 2.45) is 5.92 Å². The Morgan fingerprint density at radius 2 is 1.64 bits per heavy atom. The van der Waals surface area contributed by atoms with Crippen LogP contribution in [0, 0.1) is 5.92 Å². The Balaban J connectivity index is 1.26. The molecule has 2 aliphatic carbocycles. The van der Waals surface area contributed by atoms with E-state index in [0.29, 0.717) is 42.1 Å². The number of nitrogens with one attached hydrogen (secondary N) is 1. The maximum Gasteiger partial charge on any atom is 0.339 e. The maximum absolute atomic E-state index is 14.8. The molecule has 0 bridgehead atoms. The molecule has 350 valence electrons. The van der Waals surface area contributed by atoms with Crippen LogP contribution in [-0.4, -0.2) is 101 Å². The summed E-state index contributed by atoms with van der Waals surface area (Å²) in [5.41, 5.74) is 1.69. The number of nitrogens with zero attached hydrogens (tertiary/aromatic N) is 1. The molecule has 12 heteroatoms. The van der Waals surface area contributed by atoms with Gasteiger partial charge in [0.15, 0.2) is 5.79 Å². The number of hydrogen-bond acceptors (Lipinski definition) is 10. The monoisotopic (exact) mass is 885 g/mol. The SMILES string of the molecule is CCCCCC1(CCCCC)O[C@@H]2[C@@H](C=C(C(=O)N(C)[C@H](Cc3ccccc3)C(=O)N[C@H](CO)CCC(=O)OC(C)(C)C)C[C@H]2OC(=O)c2ccccc2C=CC2CCC3OC3C2)O1. The Morgan fingerprint density at radius 1 is 0.938 bits per heavy atom. The molecule has 2 aliphatic heterocycles. The second kappa shape index (κ2) is 22.7. The second-order valence-corrected chi connectivity index (χ2v) is 19.2. The van der Waals surface area contributed by atoms with E-state index < -0.39 is 72.1 Å². The fourth-order valence-corrected chi connectivity index (χ4v) is 9.27. The van der Waals surface area contributed by atoms with Gasteiger partial charge >= 0.3 is 11.9 Å². The standard InChI is InChI=1S/C52H72N2O10/c1-7-9-16-28-52(29-17-10-8-2)62-45-33-38(32-44(47(45)64-52)61-50(59)40-21-15-14-20-37(40)24-22-36-23-26-42-43(31-36)60-42)49(58)54(6)41(30-35-18-12-11-13-19-35)48(57)53-39(34-55)25-27-46(56)63-51(3,4)5/h11-15,18-22,24,33,36,39,41-45,47,55H,7-10,16-17,23,25-32,34H2,1-6H3,(H,53,57)/t36?,39-,41+,42?,43?,44+,45+,47-/m0/s1.